The summed E-state index contributed by atoms with van der Waals surface area (Å²) in [6.07, 6.45) is 11.0. The Bertz CT molecular complexity index is 318. The summed E-state index contributed by atoms with van der Waals surface area (Å²) in [5, 5.41) is 0. The van der Waals surface area contributed by atoms with E-state index in [4.69, 9.17) is 0 Å². The molecule has 1 atom stereocenters. The molecule has 1 aromatic rings. The molecule has 1 aliphatic rings. The smallest absolute Gasteiger partial charge is 0.0299 e. The van der Waals surface area contributed by atoms with Gasteiger partial charge in [0.05, 0.1) is 0 Å². The van der Waals surface area contributed by atoms with Gasteiger partial charge in [-0.25, -0.2) is 0 Å². The molecule has 0 aliphatic heterocycles. The largest absolute Gasteiger partial charge is 0.264 e. The molecule has 2 heteroatoms. The van der Waals surface area contributed by atoms with Crippen LogP contribution >= 0.6 is 15.9 Å². The zero-order valence-electron chi connectivity index (χ0n) is 8.12. The molecule has 0 saturated heterocycles. The van der Waals surface area contributed by atoms with Gasteiger partial charge in [-0.2, -0.15) is 0 Å². The van der Waals surface area contributed by atoms with Gasteiger partial charge in [0.15, 0.2) is 0 Å². The summed E-state index contributed by atoms with van der Waals surface area (Å²) in [6, 6.07) is 4.18. The lowest BCUT2D eigenvalue weighted by Crippen LogP contribution is -2.08. The quantitative estimate of drug-likeness (QED) is 0.782. The van der Waals surface area contributed by atoms with Crippen LogP contribution in [0.5, 0.6) is 0 Å². The summed E-state index contributed by atoms with van der Waals surface area (Å²) in [6.45, 7) is 0. The molecule has 0 saturated carbocycles. The molecular formula is C12H14BrN. The predicted octanol–water partition coefficient (Wildman–Crippen LogP) is 3.70. The van der Waals surface area contributed by atoms with E-state index >= 15 is 0 Å². The van der Waals surface area contributed by atoms with Crippen molar-refractivity contribution < 1.29 is 0 Å². The van der Waals surface area contributed by atoms with Crippen LogP contribution in [0.4, 0.5) is 0 Å². The second-order valence-electron chi connectivity index (χ2n) is 3.86. The van der Waals surface area contributed by atoms with Crippen molar-refractivity contribution in [3.8, 4) is 0 Å². The minimum absolute atomic E-state index is 0.790. The van der Waals surface area contributed by atoms with E-state index in [1.54, 1.807) is 0 Å². The zero-order chi connectivity index (χ0) is 9.80. The lowest BCUT2D eigenvalue weighted by Gasteiger charge is -2.19. The van der Waals surface area contributed by atoms with Gasteiger partial charge in [-0.15, -0.1) is 0 Å². The summed E-state index contributed by atoms with van der Waals surface area (Å²) in [4.78, 5) is 4.14. The highest BCUT2D eigenvalue weighted by molar-refractivity contribution is 9.11. The summed E-state index contributed by atoms with van der Waals surface area (Å²) in [5.41, 5.74) is 1.36. The Morgan fingerprint density at radius 1 is 1.50 bits per heavy atom. The third kappa shape index (κ3) is 2.68. The molecule has 1 unspecified atom stereocenters. The van der Waals surface area contributed by atoms with E-state index in [1.807, 2.05) is 18.5 Å². The molecule has 1 nitrogen and oxygen atoms in total. The normalized spacial score (nSPS) is 21.8. The maximum atomic E-state index is 4.14. The highest BCUT2D eigenvalue weighted by atomic mass is 79.9. The second kappa shape index (κ2) is 4.74. The SMILES string of the molecule is BrC1=CCCC(Cc2cccnc2)C1. The van der Waals surface area contributed by atoms with Gasteiger partial charge in [-0.3, -0.25) is 4.98 Å². The average Bonchev–Trinajstić information content (AvgIpc) is 2.19. The van der Waals surface area contributed by atoms with Gasteiger partial charge in [-0.1, -0.05) is 28.1 Å². The third-order valence-corrected chi connectivity index (χ3v) is 3.32. The Labute approximate surface area is 93.4 Å². The minimum Gasteiger partial charge on any atom is -0.264 e. The average molecular weight is 252 g/mol. The van der Waals surface area contributed by atoms with Gasteiger partial charge in [0.25, 0.3) is 0 Å². The Kier molecular flexibility index (Phi) is 3.35. The molecule has 0 amide bonds. The first kappa shape index (κ1) is 9.91. The lowest BCUT2D eigenvalue weighted by atomic mass is 9.89. The molecule has 0 fully saturated rings. The van der Waals surface area contributed by atoms with Crippen molar-refractivity contribution in [3.63, 3.8) is 0 Å². The molecule has 1 aliphatic carbocycles. The number of hydrogen-bond acceptors (Lipinski definition) is 1. The van der Waals surface area contributed by atoms with Crippen LogP contribution in [0.2, 0.25) is 0 Å². The number of halogens is 1. The first-order valence-electron chi connectivity index (χ1n) is 5.08. The lowest BCUT2D eigenvalue weighted by molar-refractivity contribution is 0.474. The number of nitrogens with zero attached hydrogens (tertiary/aromatic N) is 1. The first-order chi connectivity index (χ1) is 6.84. The highest BCUT2D eigenvalue weighted by Gasteiger charge is 2.14. The fourth-order valence-electron chi connectivity index (χ4n) is 1.96. The Morgan fingerprint density at radius 3 is 3.14 bits per heavy atom. The number of rotatable bonds is 2. The number of aromatic nitrogens is 1. The van der Waals surface area contributed by atoms with Crippen molar-refractivity contribution in [2.24, 2.45) is 5.92 Å². The van der Waals surface area contributed by atoms with Crippen LogP contribution in [0.1, 0.15) is 24.8 Å². The number of allylic oxidation sites excluding steroid dienone is 2. The van der Waals surface area contributed by atoms with E-state index in [0.29, 0.717) is 0 Å². The standard InChI is InChI=1S/C12H14BrN/c13-12-5-1-3-10(8-12)7-11-4-2-6-14-9-11/h2,4-6,9-10H,1,3,7-8H2. The molecule has 0 N–H and O–H groups in total. The maximum absolute atomic E-state index is 4.14. The van der Waals surface area contributed by atoms with E-state index in [1.165, 1.54) is 29.3 Å². The van der Waals surface area contributed by atoms with Gasteiger partial charge >= 0.3 is 0 Å². The fraction of sp³-hybridized carbons (Fsp3) is 0.417. The van der Waals surface area contributed by atoms with E-state index in [0.717, 1.165) is 12.3 Å². The second-order valence-corrected chi connectivity index (χ2v) is 4.88. The van der Waals surface area contributed by atoms with E-state index < -0.39 is 0 Å². The van der Waals surface area contributed by atoms with E-state index in [9.17, 15) is 0 Å². The maximum Gasteiger partial charge on any atom is 0.0299 e. The van der Waals surface area contributed by atoms with Crippen molar-refractivity contribution in [3.05, 3.63) is 40.6 Å². The van der Waals surface area contributed by atoms with Gasteiger partial charge in [0.2, 0.25) is 0 Å². The molecule has 0 spiro atoms. The van der Waals surface area contributed by atoms with Gasteiger partial charge < -0.3 is 0 Å². The molecule has 1 aromatic heterocycles. The van der Waals surface area contributed by atoms with Gasteiger partial charge in [0.1, 0.15) is 0 Å². The third-order valence-electron chi connectivity index (χ3n) is 2.67. The first-order valence-corrected chi connectivity index (χ1v) is 5.87. The summed E-state index contributed by atoms with van der Waals surface area (Å²) in [5.74, 6) is 0.790. The molecule has 0 bridgehead atoms. The van der Waals surface area contributed by atoms with Crippen molar-refractivity contribution in [2.75, 3.05) is 0 Å². The summed E-state index contributed by atoms with van der Waals surface area (Å²) < 4.78 is 1.37. The summed E-state index contributed by atoms with van der Waals surface area (Å²) in [7, 11) is 0. The number of pyridine rings is 1. The zero-order valence-corrected chi connectivity index (χ0v) is 9.70. The number of hydrogen-bond donors (Lipinski definition) is 0. The highest BCUT2D eigenvalue weighted by Crippen LogP contribution is 2.29. The van der Waals surface area contributed by atoms with Crippen LogP contribution in [-0.2, 0) is 6.42 Å². The molecule has 0 radical (unpaired) electrons. The predicted molar refractivity (Wildman–Crippen MR) is 62.3 cm³/mol. The Hall–Kier alpha value is -0.630. The fourth-order valence-corrected chi connectivity index (χ4v) is 2.65. The van der Waals surface area contributed by atoms with E-state index in [2.05, 4.69) is 33.1 Å². The molecule has 1 heterocycles. The molecule has 0 aromatic carbocycles. The molecule has 14 heavy (non-hydrogen) atoms. The van der Waals surface area contributed by atoms with E-state index in [-0.39, 0.29) is 0 Å². The van der Waals surface area contributed by atoms with Crippen molar-refractivity contribution in [1.29, 1.82) is 0 Å². The summed E-state index contributed by atoms with van der Waals surface area (Å²) >= 11 is 3.59. The molecule has 74 valence electrons. The monoisotopic (exact) mass is 251 g/mol. The van der Waals surface area contributed by atoms with Crippen molar-refractivity contribution in [1.82, 2.24) is 4.98 Å². The van der Waals surface area contributed by atoms with Crippen LogP contribution in [0.25, 0.3) is 0 Å². The van der Waals surface area contributed by atoms with Crippen LogP contribution < -0.4 is 0 Å². The van der Waals surface area contributed by atoms with Crippen LogP contribution in [0, 0.1) is 5.92 Å². The van der Waals surface area contributed by atoms with Crippen molar-refractivity contribution >= 4 is 15.9 Å². The molecule has 2 rings (SSSR count). The van der Waals surface area contributed by atoms with Gasteiger partial charge in [-0.05, 0) is 47.7 Å². The van der Waals surface area contributed by atoms with Crippen molar-refractivity contribution in [2.45, 2.75) is 25.7 Å². The van der Waals surface area contributed by atoms with Gasteiger partial charge in [0, 0.05) is 12.4 Å². The topological polar surface area (TPSA) is 12.9 Å². The Morgan fingerprint density at radius 2 is 2.43 bits per heavy atom. The minimum atomic E-state index is 0.790. The molecular weight excluding hydrogens is 238 g/mol. The Balaban J connectivity index is 1.96. The van der Waals surface area contributed by atoms with Crippen LogP contribution in [0.15, 0.2) is 35.1 Å². The van der Waals surface area contributed by atoms with Crippen LogP contribution in [0.3, 0.4) is 0 Å². The van der Waals surface area contributed by atoms with Crippen LogP contribution in [-0.4, -0.2) is 4.98 Å².